The predicted octanol–water partition coefficient (Wildman–Crippen LogP) is 4.17. The molecule has 0 saturated heterocycles. The first-order chi connectivity index (χ1) is 9.15. The Morgan fingerprint density at radius 2 is 1.74 bits per heavy atom. The van der Waals surface area contributed by atoms with Gasteiger partial charge in [0, 0.05) is 0 Å². The van der Waals surface area contributed by atoms with Crippen molar-refractivity contribution in [3.63, 3.8) is 0 Å². The molecule has 0 amide bonds. The number of hydrogen-bond donors (Lipinski definition) is 2. The Bertz CT molecular complexity index is 559. The van der Waals surface area contributed by atoms with Crippen LogP contribution in [-0.4, -0.2) is 0 Å². The number of nitrogen functional groups attached to an aromatic ring is 2. The smallest absolute Gasteiger partial charge is 0.0580 e. The Morgan fingerprint density at radius 3 is 2.37 bits per heavy atom. The maximum absolute atomic E-state index is 6.08. The van der Waals surface area contributed by atoms with Crippen molar-refractivity contribution < 1.29 is 0 Å². The van der Waals surface area contributed by atoms with Crippen LogP contribution in [0.3, 0.4) is 0 Å². The van der Waals surface area contributed by atoms with Gasteiger partial charge in [0.15, 0.2) is 0 Å². The number of rotatable bonds is 4. The predicted molar refractivity (Wildman–Crippen MR) is 84.1 cm³/mol. The van der Waals surface area contributed by atoms with Crippen LogP contribution in [0.15, 0.2) is 36.4 Å². The minimum atomic E-state index is 0.677. The fourth-order valence-corrected chi connectivity index (χ4v) is 2.45. The summed E-state index contributed by atoms with van der Waals surface area (Å²) < 4.78 is 0. The Labute approximate surface area is 115 Å². The third-order valence-corrected chi connectivity index (χ3v) is 3.66. The van der Waals surface area contributed by atoms with E-state index in [1.807, 2.05) is 12.1 Å². The van der Waals surface area contributed by atoms with Gasteiger partial charge < -0.3 is 11.5 Å². The van der Waals surface area contributed by atoms with Crippen molar-refractivity contribution in [2.45, 2.75) is 33.1 Å². The molecule has 0 aliphatic rings. The lowest BCUT2D eigenvalue weighted by Gasteiger charge is -2.17. The SMILES string of the molecule is CCCCc1c(-c2ccccc2)cc(N)c(N)c1C. The summed E-state index contributed by atoms with van der Waals surface area (Å²) in [7, 11) is 0. The summed E-state index contributed by atoms with van der Waals surface area (Å²) in [4.78, 5) is 0. The van der Waals surface area contributed by atoms with E-state index < -0.39 is 0 Å². The van der Waals surface area contributed by atoms with Crippen LogP contribution in [0.1, 0.15) is 30.9 Å². The average Bonchev–Trinajstić information content (AvgIpc) is 2.44. The monoisotopic (exact) mass is 254 g/mol. The Balaban J connectivity index is 2.58. The van der Waals surface area contributed by atoms with Crippen molar-refractivity contribution in [1.29, 1.82) is 0 Å². The number of benzene rings is 2. The number of hydrogen-bond acceptors (Lipinski definition) is 2. The molecule has 0 aromatic heterocycles. The van der Waals surface area contributed by atoms with E-state index in [9.17, 15) is 0 Å². The van der Waals surface area contributed by atoms with Crippen molar-refractivity contribution in [1.82, 2.24) is 0 Å². The standard InChI is InChI=1S/C17H22N2/c1-3-4-10-14-12(2)17(19)16(18)11-15(14)13-8-6-5-7-9-13/h5-9,11H,3-4,10,18-19H2,1-2H3. The van der Waals surface area contributed by atoms with Gasteiger partial charge in [0.25, 0.3) is 0 Å². The zero-order valence-electron chi connectivity index (χ0n) is 11.7. The van der Waals surface area contributed by atoms with Crippen molar-refractivity contribution in [2.24, 2.45) is 0 Å². The maximum atomic E-state index is 6.08. The van der Waals surface area contributed by atoms with E-state index in [2.05, 4.69) is 38.1 Å². The summed E-state index contributed by atoms with van der Waals surface area (Å²) in [5.41, 5.74) is 18.4. The third-order valence-electron chi connectivity index (χ3n) is 3.66. The summed E-state index contributed by atoms with van der Waals surface area (Å²) >= 11 is 0. The van der Waals surface area contributed by atoms with Crippen LogP contribution in [-0.2, 0) is 6.42 Å². The Morgan fingerprint density at radius 1 is 1.05 bits per heavy atom. The number of anilines is 2. The minimum absolute atomic E-state index is 0.677. The molecule has 2 nitrogen and oxygen atoms in total. The molecule has 100 valence electrons. The van der Waals surface area contributed by atoms with E-state index in [1.54, 1.807) is 0 Å². The lowest BCUT2D eigenvalue weighted by atomic mass is 9.91. The second-order valence-corrected chi connectivity index (χ2v) is 5.00. The second-order valence-electron chi connectivity index (χ2n) is 5.00. The lowest BCUT2D eigenvalue weighted by molar-refractivity contribution is 0.793. The molecule has 0 radical (unpaired) electrons. The van der Waals surface area contributed by atoms with Crippen LogP contribution in [0, 0.1) is 6.92 Å². The fourth-order valence-electron chi connectivity index (χ4n) is 2.45. The van der Waals surface area contributed by atoms with Gasteiger partial charge in [-0.25, -0.2) is 0 Å². The maximum Gasteiger partial charge on any atom is 0.0580 e. The van der Waals surface area contributed by atoms with Crippen LogP contribution in [0.2, 0.25) is 0 Å². The molecule has 0 atom stereocenters. The van der Waals surface area contributed by atoms with Crippen molar-refractivity contribution in [2.75, 3.05) is 11.5 Å². The van der Waals surface area contributed by atoms with Gasteiger partial charge in [-0.3, -0.25) is 0 Å². The highest BCUT2D eigenvalue weighted by Gasteiger charge is 2.12. The zero-order chi connectivity index (χ0) is 13.8. The van der Waals surface area contributed by atoms with Crippen LogP contribution < -0.4 is 11.5 Å². The Hall–Kier alpha value is -1.96. The molecule has 0 spiro atoms. The van der Waals surface area contributed by atoms with Crippen LogP contribution in [0.25, 0.3) is 11.1 Å². The molecule has 2 aromatic rings. The molecule has 4 N–H and O–H groups in total. The fraction of sp³-hybridized carbons (Fsp3) is 0.294. The molecule has 2 rings (SSSR count). The van der Waals surface area contributed by atoms with Gasteiger partial charge in [-0.05, 0) is 48.1 Å². The van der Waals surface area contributed by atoms with Crippen molar-refractivity contribution in [3.8, 4) is 11.1 Å². The normalized spacial score (nSPS) is 10.6. The largest absolute Gasteiger partial charge is 0.397 e. The zero-order valence-corrected chi connectivity index (χ0v) is 11.7. The summed E-state index contributed by atoms with van der Waals surface area (Å²) in [5, 5.41) is 0. The van der Waals surface area contributed by atoms with Gasteiger partial charge in [-0.2, -0.15) is 0 Å². The molecular weight excluding hydrogens is 232 g/mol. The topological polar surface area (TPSA) is 52.0 Å². The van der Waals surface area contributed by atoms with Gasteiger partial charge >= 0.3 is 0 Å². The molecule has 0 fully saturated rings. The molecule has 2 heteroatoms. The van der Waals surface area contributed by atoms with Gasteiger partial charge in [-0.15, -0.1) is 0 Å². The second kappa shape index (κ2) is 5.79. The van der Waals surface area contributed by atoms with E-state index in [4.69, 9.17) is 11.5 Å². The first-order valence-electron chi connectivity index (χ1n) is 6.88. The molecular formula is C17H22N2. The molecule has 0 saturated carbocycles. The van der Waals surface area contributed by atoms with Gasteiger partial charge in [-0.1, -0.05) is 43.7 Å². The molecule has 0 aliphatic heterocycles. The highest BCUT2D eigenvalue weighted by Crippen LogP contribution is 2.34. The average molecular weight is 254 g/mol. The molecule has 19 heavy (non-hydrogen) atoms. The summed E-state index contributed by atoms with van der Waals surface area (Å²) in [6.07, 6.45) is 3.40. The molecule has 0 aliphatic carbocycles. The van der Waals surface area contributed by atoms with Gasteiger partial charge in [0.1, 0.15) is 0 Å². The van der Waals surface area contributed by atoms with Crippen LogP contribution >= 0.6 is 0 Å². The van der Waals surface area contributed by atoms with Crippen molar-refractivity contribution >= 4 is 11.4 Å². The quantitative estimate of drug-likeness (QED) is 0.805. The van der Waals surface area contributed by atoms with Gasteiger partial charge in [0.05, 0.1) is 11.4 Å². The Kier molecular flexibility index (Phi) is 4.10. The molecule has 0 unspecified atom stereocenters. The molecule has 2 aromatic carbocycles. The third kappa shape index (κ3) is 2.73. The van der Waals surface area contributed by atoms with Gasteiger partial charge in [0.2, 0.25) is 0 Å². The first kappa shape index (κ1) is 13.5. The van der Waals surface area contributed by atoms with E-state index in [0.717, 1.165) is 17.7 Å². The molecule has 0 heterocycles. The summed E-state index contributed by atoms with van der Waals surface area (Å²) in [5.74, 6) is 0. The van der Waals surface area contributed by atoms with E-state index in [1.165, 1.54) is 29.5 Å². The number of nitrogens with two attached hydrogens (primary N) is 2. The molecule has 0 bridgehead atoms. The summed E-state index contributed by atoms with van der Waals surface area (Å²) in [6, 6.07) is 12.4. The number of unbranched alkanes of at least 4 members (excludes halogenated alkanes) is 1. The highest BCUT2D eigenvalue weighted by molar-refractivity contribution is 5.80. The minimum Gasteiger partial charge on any atom is -0.397 e. The van der Waals surface area contributed by atoms with E-state index in [-0.39, 0.29) is 0 Å². The lowest BCUT2D eigenvalue weighted by Crippen LogP contribution is -2.03. The van der Waals surface area contributed by atoms with Crippen LogP contribution in [0.5, 0.6) is 0 Å². The van der Waals surface area contributed by atoms with E-state index >= 15 is 0 Å². The van der Waals surface area contributed by atoms with Crippen molar-refractivity contribution in [3.05, 3.63) is 47.5 Å². The first-order valence-corrected chi connectivity index (χ1v) is 6.88. The highest BCUT2D eigenvalue weighted by atomic mass is 14.7. The van der Waals surface area contributed by atoms with E-state index in [0.29, 0.717) is 5.69 Å². The summed E-state index contributed by atoms with van der Waals surface area (Å²) in [6.45, 7) is 4.28. The van der Waals surface area contributed by atoms with Crippen LogP contribution in [0.4, 0.5) is 11.4 Å².